The van der Waals surface area contributed by atoms with Crippen molar-refractivity contribution in [2.45, 2.75) is 13.8 Å². The molecule has 0 bridgehead atoms. The Kier molecular flexibility index (Phi) is 5.67. The van der Waals surface area contributed by atoms with Crippen LogP contribution in [0.3, 0.4) is 0 Å². The van der Waals surface area contributed by atoms with Crippen molar-refractivity contribution in [2.24, 2.45) is 0 Å². The minimum Gasteiger partial charge on any atom is -0.490 e. The minimum absolute atomic E-state index is 0.256. The third-order valence-corrected chi connectivity index (χ3v) is 3.44. The van der Waals surface area contributed by atoms with Crippen molar-refractivity contribution >= 4 is 23.3 Å². The van der Waals surface area contributed by atoms with E-state index in [1.54, 1.807) is 6.07 Å². The van der Waals surface area contributed by atoms with Crippen molar-refractivity contribution in [3.63, 3.8) is 0 Å². The van der Waals surface area contributed by atoms with Crippen molar-refractivity contribution < 1.29 is 9.53 Å². The average Bonchev–Trinajstić information content (AvgIpc) is 2.49. The van der Waals surface area contributed by atoms with Gasteiger partial charge in [0.15, 0.2) is 0 Å². The molecule has 0 saturated heterocycles. The normalized spacial score (nSPS) is 10.1. The number of halogens is 1. The van der Waals surface area contributed by atoms with Gasteiger partial charge in [-0.3, -0.25) is 0 Å². The molecule has 116 valence electrons. The molecule has 0 aromatic heterocycles. The Bertz CT molecular complexity index is 659. The Morgan fingerprint density at radius 1 is 1.18 bits per heavy atom. The summed E-state index contributed by atoms with van der Waals surface area (Å²) in [6, 6.07) is 12.9. The molecule has 0 aliphatic heterocycles. The van der Waals surface area contributed by atoms with E-state index in [1.807, 2.05) is 50.2 Å². The highest BCUT2D eigenvalue weighted by molar-refractivity contribution is 6.32. The molecule has 0 aliphatic rings. The van der Waals surface area contributed by atoms with E-state index in [2.05, 4.69) is 10.6 Å². The molecule has 5 heteroatoms. The lowest BCUT2D eigenvalue weighted by Crippen LogP contribution is -2.32. The highest BCUT2D eigenvalue weighted by atomic mass is 35.5. The maximum atomic E-state index is 11.8. The Morgan fingerprint density at radius 2 is 1.95 bits per heavy atom. The van der Waals surface area contributed by atoms with Crippen LogP contribution in [0, 0.1) is 13.8 Å². The van der Waals surface area contributed by atoms with E-state index in [1.165, 1.54) is 0 Å². The molecule has 4 nitrogen and oxygen atoms in total. The summed E-state index contributed by atoms with van der Waals surface area (Å²) in [6.45, 7) is 4.65. The van der Waals surface area contributed by atoms with E-state index < -0.39 is 0 Å². The lowest BCUT2D eigenvalue weighted by Gasteiger charge is -2.11. The van der Waals surface area contributed by atoms with E-state index in [4.69, 9.17) is 16.3 Å². The van der Waals surface area contributed by atoms with Crippen LogP contribution in [0.25, 0.3) is 0 Å². The fourth-order valence-corrected chi connectivity index (χ4v) is 2.10. The van der Waals surface area contributed by atoms with Crippen LogP contribution in [-0.4, -0.2) is 19.2 Å². The van der Waals surface area contributed by atoms with Crippen LogP contribution >= 0.6 is 11.6 Å². The summed E-state index contributed by atoms with van der Waals surface area (Å²) in [5.74, 6) is 0.628. The highest BCUT2D eigenvalue weighted by Crippen LogP contribution is 2.24. The second kappa shape index (κ2) is 7.71. The second-order valence-corrected chi connectivity index (χ2v) is 5.39. The minimum atomic E-state index is -0.256. The molecule has 0 heterocycles. The number of amides is 2. The van der Waals surface area contributed by atoms with Crippen LogP contribution in [0.5, 0.6) is 5.75 Å². The van der Waals surface area contributed by atoms with Crippen molar-refractivity contribution in [1.82, 2.24) is 5.32 Å². The van der Waals surface area contributed by atoms with E-state index in [0.717, 1.165) is 16.8 Å². The van der Waals surface area contributed by atoms with E-state index in [0.29, 0.717) is 23.9 Å². The summed E-state index contributed by atoms with van der Waals surface area (Å²) in [5, 5.41) is 6.11. The summed E-state index contributed by atoms with van der Waals surface area (Å²) in [6.07, 6.45) is 0. The third-order valence-electron chi connectivity index (χ3n) is 3.13. The number of aryl methyl sites for hydroxylation is 2. The maximum Gasteiger partial charge on any atom is 0.319 e. The summed E-state index contributed by atoms with van der Waals surface area (Å²) < 4.78 is 5.57. The van der Waals surface area contributed by atoms with Crippen LogP contribution in [-0.2, 0) is 0 Å². The van der Waals surface area contributed by atoms with Gasteiger partial charge in [-0.25, -0.2) is 4.79 Å². The van der Waals surface area contributed by atoms with Gasteiger partial charge in [-0.1, -0.05) is 35.9 Å². The zero-order valence-electron chi connectivity index (χ0n) is 12.7. The number of ether oxygens (including phenoxy) is 1. The van der Waals surface area contributed by atoms with Gasteiger partial charge in [0.25, 0.3) is 0 Å². The van der Waals surface area contributed by atoms with Gasteiger partial charge in [0.2, 0.25) is 0 Å². The first kappa shape index (κ1) is 16.2. The molecule has 0 fully saturated rings. The zero-order valence-corrected chi connectivity index (χ0v) is 13.4. The van der Waals surface area contributed by atoms with E-state index in [-0.39, 0.29) is 6.03 Å². The lowest BCUT2D eigenvalue weighted by atomic mass is 10.2. The Labute approximate surface area is 135 Å². The van der Waals surface area contributed by atoms with Gasteiger partial charge in [-0.2, -0.15) is 0 Å². The summed E-state index contributed by atoms with van der Waals surface area (Å²) in [5.41, 5.74) is 2.88. The van der Waals surface area contributed by atoms with Gasteiger partial charge >= 0.3 is 6.03 Å². The van der Waals surface area contributed by atoms with Gasteiger partial charge in [0, 0.05) is 5.69 Å². The zero-order chi connectivity index (χ0) is 15.9. The molecule has 2 aromatic carbocycles. The van der Waals surface area contributed by atoms with Gasteiger partial charge in [0.05, 0.1) is 11.6 Å². The molecule has 0 spiro atoms. The topological polar surface area (TPSA) is 50.4 Å². The predicted octanol–water partition coefficient (Wildman–Crippen LogP) is 4.16. The molecular weight excluding hydrogens is 300 g/mol. The van der Waals surface area contributed by atoms with Crippen molar-refractivity contribution in [3.8, 4) is 5.75 Å². The summed E-state index contributed by atoms with van der Waals surface area (Å²) in [4.78, 5) is 11.8. The van der Waals surface area contributed by atoms with Crippen molar-refractivity contribution in [2.75, 3.05) is 18.5 Å². The fraction of sp³-hybridized carbons (Fsp3) is 0.235. The molecule has 2 aromatic rings. The summed E-state index contributed by atoms with van der Waals surface area (Å²) >= 11 is 6.04. The maximum absolute atomic E-state index is 11.8. The molecule has 2 N–H and O–H groups in total. The van der Waals surface area contributed by atoms with Crippen molar-refractivity contribution in [1.29, 1.82) is 0 Å². The monoisotopic (exact) mass is 318 g/mol. The average molecular weight is 319 g/mol. The SMILES string of the molecule is Cc1ccc(Cl)c(OCCNC(=O)Nc2ccccc2C)c1. The molecular formula is C17H19ClN2O2. The number of carbonyl (C=O) groups excluding carboxylic acids is 1. The first-order valence-electron chi connectivity index (χ1n) is 7.05. The molecule has 0 saturated carbocycles. The Hall–Kier alpha value is -2.20. The molecule has 0 aliphatic carbocycles. The van der Waals surface area contributed by atoms with Crippen LogP contribution < -0.4 is 15.4 Å². The standard InChI is InChI=1S/C17H19ClN2O2/c1-12-7-8-14(18)16(11-12)22-10-9-19-17(21)20-15-6-4-3-5-13(15)2/h3-8,11H,9-10H2,1-2H3,(H2,19,20,21). The first-order chi connectivity index (χ1) is 10.6. The number of para-hydroxylation sites is 1. The van der Waals surface area contributed by atoms with E-state index >= 15 is 0 Å². The molecule has 2 rings (SSSR count). The fourth-order valence-electron chi connectivity index (χ4n) is 1.93. The number of anilines is 1. The van der Waals surface area contributed by atoms with Crippen LogP contribution in [0.15, 0.2) is 42.5 Å². The number of nitrogens with one attached hydrogen (secondary N) is 2. The van der Waals surface area contributed by atoms with Gasteiger partial charge < -0.3 is 15.4 Å². The molecule has 0 atom stereocenters. The number of rotatable bonds is 5. The predicted molar refractivity (Wildman–Crippen MR) is 89.9 cm³/mol. The van der Waals surface area contributed by atoms with Gasteiger partial charge in [0.1, 0.15) is 12.4 Å². The Morgan fingerprint density at radius 3 is 2.73 bits per heavy atom. The van der Waals surface area contributed by atoms with Crippen molar-refractivity contribution in [3.05, 3.63) is 58.6 Å². The number of hydrogen-bond acceptors (Lipinski definition) is 2. The van der Waals surface area contributed by atoms with Crippen LogP contribution in [0.1, 0.15) is 11.1 Å². The highest BCUT2D eigenvalue weighted by Gasteiger charge is 2.04. The largest absolute Gasteiger partial charge is 0.490 e. The molecule has 0 unspecified atom stereocenters. The van der Waals surface area contributed by atoms with Crippen LogP contribution in [0.2, 0.25) is 5.02 Å². The Balaban J connectivity index is 1.76. The number of hydrogen-bond donors (Lipinski definition) is 2. The number of carbonyl (C=O) groups is 1. The third kappa shape index (κ3) is 4.67. The second-order valence-electron chi connectivity index (χ2n) is 4.98. The van der Waals surface area contributed by atoms with Gasteiger partial charge in [-0.15, -0.1) is 0 Å². The quantitative estimate of drug-likeness (QED) is 0.813. The molecule has 2 amide bonds. The number of benzene rings is 2. The first-order valence-corrected chi connectivity index (χ1v) is 7.43. The van der Waals surface area contributed by atoms with E-state index in [9.17, 15) is 4.79 Å². The summed E-state index contributed by atoms with van der Waals surface area (Å²) in [7, 11) is 0. The van der Waals surface area contributed by atoms with Crippen LogP contribution in [0.4, 0.5) is 10.5 Å². The smallest absolute Gasteiger partial charge is 0.319 e. The molecule has 0 radical (unpaired) electrons. The van der Waals surface area contributed by atoms with Gasteiger partial charge in [-0.05, 0) is 43.2 Å². The number of urea groups is 1. The molecule has 22 heavy (non-hydrogen) atoms. The lowest BCUT2D eigenvalue weighted by molar-refractivity contribution is 0.247.